The highest BCUT2D eigenvalue weighted by molar-refractivity contribution is 5.83. The highest BCUT2D eigenvalue weighted by Gasteiger charge is 2.25. The first-order chi connectivity index (χ1) is 9.61. The van der Waals surface area contributed by atoms with Crippen LogP contribution in [0.4, 0.5) is 5.69 Å². The molecule has 110 valence electrons. The van der Waals surface area contributed by atoms with E-state index < -0.39 is 0 Å². The van der Waals surface area contributed by atoms with Gasteiger partial charge in [0, 0.05) is 31.3 Å². The molecule has 1 aliphatic heterocycles. The van der Waals surface area contributed by atoms with Crippen molar-refractivity contribution in [3.05, 3.63) is 29.8 Å². The van der Waals surface area contributed by atoms with E-state index in [1.807, 2.05) is 43.0 Å². The van der Waals surface area contributed by atoms with Gasteiger partial charge >= 0.3 is 0 Å². The number of ether oxygens (including phenoxy) is 1. The van der Waals surface area contributed by atoms with Gasteiger partial charge in [-0.15, -0.1) is 0 Å². The zero-order valence-electron chi connectivity index (χ0n) is 12.3. The van der Waals surface area contributed by atoms with Crippen LogP contribution in [0.2, 0.25) is 0 Å². The highest BCUT2D eigenvalue weighted by Crippen LogP contribution is 2.22. The van der Waals surface area contributed by atoms with E-state index in [1.54, 1.807) is 0 Å². The number of nitrogens with zero attached hydrogens (tertiary/aromatic N) is 1. The van der Waals surface area contributed by atoms with Gasteiger partial charge in [0.1, 0.15) is 0 Å². The number of nitrogen functional groups attached to an aromatic ring is 1. The number of carbonyl (C=O) groups is 1. The highest BCUT2D eigenvalue weighted by atomic mass is 16.5. The molecule has 0 aliphatic carbocycles. The number of rotatable bonds is 5. The van der Waals surface area contributed by atoms with Crippen LogP contribution in [0.25, 0.3) is 0 Å². The zero-order chi connectivity index (χ0) is 14.5. The lowest BCUT2D eigenvalue weighted by molar-refractivity contribution is -0.132. The van der Waals surface area contributed by atoms with Crippen molar-refractivity contribution < 1.29 is 9.53 Å². The number of carbonyl (C=O) groups excluding carboxylic acids is 1. The summed E-state index contributed by atoms with van der Waals surface area (Å²) in [7, 11) is 0. The van der Waals surface area contributed by atoms with Gasteiger partial charge in [-0.25, -0.2) is 0 Å². The number of hydrogen-bond acceptors (Lipinski definition) is 3. The summed E-state index contributed by atoms with van der Waals surface area (Å²) < 4.78 is 5.39. The topological polar surface area (TPSA) is 55.6 Å². The van der Waals surface area contributed by atoms with Crippen molar-refractivity contribution in [1.82, 2.24) is 4.90 Å². The summed E-state index contributed by atoms with van der Waals surface area (Å²) in [5.41, 5.74) is 7.48. The van der Waals surface area contributed by atoms with Crippen molar-refractivity contribution in [3.63, 3.8) is 0 Å². The first-order valence-electron chi connectivity index (χ1n) is 7.33. The lowest BCUT2D eigenvalue weighted by Gasteiger charge is -2.27. The smallest absolute Gasteiger partial charge is 0.229 e. The van der Waals surface area contributed by atoms with Crippen molar-refractivity contribution in [2.45, 2.75) is 26.2 Å². The second-order valence-electron chi connectivity index (χ2n) is 5.50. The SMILES string of the molecule is CCN(CC1CCOC1)C(=O)C(C)c1cccc(N)c1. The molecule has 0 saturated carbocycles. The van der Waals surface area contributed by atoms with Crippen LogP contribution in [0.3, 0.4) is 0 Å². The van der Waals surface area contributed by atoms with Crippen LogP contribution in [0.1, 0.15) is 31.7 Å². The third-order valence-electron chi connectivity index (χ3n) is 3.98. The summed E-state index contributed by atoms with van der Waals surface area (Å²) in [5, 5.41) is 0. The number of anilines is 1. The first-order valence-corrected chi connectivity index (χ1v) is 7.33. The fourth-order valence-corrected chi connectivity index (χ4v) is 2.66. The molecule has 2 rings (SSSR count). The first kappa shape index (κ1) is 14.9. The van der Waals surface area contributed by atoms with Gasteiger partial charge in [0.15, 0.2) is 0 Å². The average molecular weight is 276 g/mol. The van der Waals surface area contributed by atoms with Crippen molar-refractivity contribution >= 4 is 11.6 Å². The van der Waals surface area contributed by atoms with Gasteiger partial charge in [0.25, 0.3) is 0 Å². The maximum absolute atomic E-state index is 12.6. The Morgan fingerprint density at radius 1 is 1.55 bits per heavy atom. The molecule has 1 aromatic carbocycles. The summed E-state index contributed by atoms with van der Waals surface area (Å²) >= 11 is 0. The summed E-state index contributed by atoms with van der Waals surface area (Å²) in [4.78, 5) is 14.6. The summed E-state index contributed by atoms with van der Waals surface area (Å²) in [6.45, 7) is 7.10. The molecule has 1 saturated heterocycles. The predicted octanol–water partition coefficient (Wildman–Crippen LogP) is 2.26. The van der Waals surface area contributed by atoms with E-state index in [1.165, 1.54) is 0 Å². The number of hydrogen-bond donors (Lipinski definition) is 1. The van der Waals surface area contributed by atoms with E-state index in [0.717, 1.165) is 38.3 Å². The van der Waals surface area contributed by atoms with Crippen molar-refractivity contribution in [1.29, 1.82) is 0 Å². The van der Waals surface area contributed by atoms with Crippen LogP contribution in [0, 0.1) is 5.92 Å². The van der Waals surface area contributed by atoms with Crippen molar-refractivity contribution in [2.75, 3.05) is 32.0 Å². The molecule has 2 atom stereocenters. The fourth-order valence-electron chi connectivity index (χ4n) is 2.66. The largest absolute Gasteiger partial charge is 0.399 e. The molecule has 2 N–H and O–H groups in total. The van der Waals surface area contributed by atoms with E-state index in [2.05, 4.69) is 0 Å². The molecule has 4 heteroatoms. The second-order valence-corrected chi connectivity index (χ2v) is 5.50. The van der Waals surface area contributed by atoms with Crippen LogP contribution in [-0.2, 0) is 9.53 Å². The van der Waals surface area contributed by atoms with Gasteiger partial charge in [0.2, 0.25) is 5.91 Å². The lowest BCUT2D eigenvalue weighted by Crippen LogP contribution is -2.38. The van der Waals surface area contributed by atoms with Gasteiger partial charge in [-0.2, -0.15) is 0 Å². The van der Waals surface area contributed by atoms with Crippen LogP contribution >= 0.6 is 0 Å². The minimum absolute atomic E-state index is 0.152. The van der Waals surface area contributed by atoms with Crippen LogP contribution in [0.5, 0.6) is 0 Å². The standard InChI is InChI=1S/C16H24N2O2/c1-3-18(10-13-7-8-20-11-13)16(19)12(2)14-5-4-6-15(17)9-14/h4-6,9,12-13H,3,7-8,10-11,17H2,1-2H3. The van der Waals surface area contributed by atoms with E-state index in [-0.39, 0.29) is 11.8 Å². The van der Waals surface area contributed by atoms with Crippen molar-refractivity contribution in [2.24, 2.45) is 5.92 Å². The lowest BCUT2D eigenvalue weighted by atomic mass is 9.98. The minimum Gasteiger partial charge on any atom is -0.399 e. The number of benzene rings is 1. The Balaban J connectivity index is 2.03. The van der Waals surface area contributed by atoms with E-state index in [9.17, 15) is 4.79 Å². The third-order valence-corrected chi connectivity index (χ3v) is 3.98. The Morgan fingerprint density at radius 2 is 2.35 bits per heavy atom. The Kier molecular flexibility index (Phi) is 5.01. The summed E-state index contributed by atoms with van der Waals surface area (Å²) in [5.74, 6) is 0.498. The van der Waals surface area contributed by atoms with Crippen LogP contribution in [-0.4, -0.2) is 37.1 Å². The predicted molar refractivity (Wildman–Crippen MR) is 80.4 cm³/mol. The van der Waals surface area contributed by atoms with Crippen LogP contribution in [0.15, 0.2) is 24.3 Å². The quantitative estimate of drug-likeness (QED) is 0.839. The molecule has 0 spiro atoms. The molecule has 4 nitrogen and oxygen atoms in total. The minimum atomic E-state index is -0.152. The zero-order valence-corrected chi connectivity index (χ0v) is 12.3. The molecule has 1 amide bonds. The maximum Gasteiger partial charge on any atom is 0.229 e. The molecule has 0 radical (unpaired) electrons. The van der Waals surface area contributed by atoms with E-state index >= 15 is 0 Å². The Bertz CT molecular complexity index is 456. The number of amides is 1. The summed E-state index contributed by atoms with van der Waals surface area (Å²) in [6.07, 6.45) is 1.05. The normalized spacial score (nSPS) is 19.8. The molecule has 20 heavy (non-hydrogen) atoms. The Hall–Kier alpha value is -1.55. The molecule has 0 aromatic heterocycles. The third kappa shape index (κ3) is 3.51. The number of likely N-dealkylation sites (N-methyl/N-ethyl adjacent to an activating group) is 1. The second kappa shape index (κ2) is 6.75. The molecule has 1 aliphatic rings. The molecular weight excluding hydrogens is 252 g/mol. The molecular formula is C16H24N2O2. The van der Waals surface area contributed by atoms with E-state index in [0.29, 0.717) is 11.6 Å². The van der Waals surface area contributed by atoms with Gasteiger partial charge < -0.3 is 15.4 Å². The average Bonchev–Trinajstić information content (AvgIpc) is 2.96. The summed E-state index contributed by atoms with van der Waals surface area (Å²) in [6, 6.07) is 7.59. The Morgan fingerprint density at radius 3 is 2.95 bits per heavy atom. The molecule has 1 aromatic rings. The van der Waals surface area contributed by atoms with Crippen LogP contribution < -0.4 is 5.73 Å². The monoisotopic (exact) mass is 276 g/mol. The van der Waals surface area contributed by atoms with Gasteiger partial charge in [-0.05, 0) is 38.0 Å². The Labute approximate surface area is 120 Å². The number of nitrogens with two attached hydrogens (primary N) is 1. The molecule has 0 bridgehead atoms. The fraction of sp³-hybridized carbons (Fsp3) is 0.562. The molecule has 2 unspecified atom stereocenters. The maximum atomic E-state index is 12.6. The molecule has 1 fully saturated rings. The van der Waals surface area contributed by atoms with E-state index in [4.69, 9.17) is 10.5 Å². The molecule has 1 heterocycles. The van der Waals surface area contributed by atoms with Gasteiger partial charge in [-0.3, -0.25) is 4.79 Å². The van der Waals surface area contributed by atoms with Crippen molar-refractivity contribution in [3.8, 4) is 0 Å². The van der Waals surface area contributed by atoms with Gasteiger partial charge in [-0.1, -0.05) is 12.1 Å². The van der Waals surface area contributed by atoms with Gasteiger partial charge in [0.05, 0.1) is 12.5 Å².